The minimum Gasteiger partial charge on any atom is -0.341 e. The second-order valence-corrected chi connectivity index (χ2v) is 5.01. The van der Waals surface area contributed by atoms with Crippen LogP contribution in [0, 0.1) is 0 Å². The monoisotopic (exact) mass is 247 g/mol. The predicted molar refractivity (Wildman–Crippen MR) is 66.7 cm³/mol. The molecule has 0 saturated carbocycles. The third-order valence-electron chi connectivity index (χ3n) is 3.03. The lowest BCUT2D eigenvalue weighted by molar-refractivity contribution is -0.148. The van der Waals surface area contributed by atoms with Crippen molar-refractivity contribution in [3.05, 3.63) is 30.1 Å². The van der Waals surface area contributed by atoms with E-state index in [0.717, 1.165) is 12.0 Å². The van der Waals surface area contributed by atoms with E-state index in [1.165, 1.54) is 0 Å². The molecule has 0 atom stereocenters. The first-order chi connectivity index (χ1) is 8.49. The zero-order chi connectivity index (χ0) is 13.2. The Kier molecular flexibility index (Phi) is 3.32. The van der Waals surface area contributed by atoms with Gasteiger partial charge in [0.25, 0.3) is 0 Å². The highest BCUT2D eigenvalue weighted by Crippen LogP contribution is 2.13. The highest BCUT2D eigenvalue weighted by Gasteiger charge is 2.38. The molecule has 2 rings (SSSR count). The fourth-order valence-electron chi connectivity index (χ4n) is 2.08. The lowest BCUT2D eigenvalue weighted by atomic mass is 10.00. The fourth-order valence-corrected chi connectivity index (χ4v) is 2.08. The maximum Gasteiger partial charge on any atom is 0.248 e. The van der Waals surface area contributed by atoms with Crippen LogP contribution in [0.3, 0.4) is 0 Å². The molecule has 1 aromatic rings. The van der Waals surface area contributed by atoms with Crippen molar-refractivity contribution in [3.8, 4) is 0 Å². The average Bonchev–Trinajstić information content (AvgIpc) is 2.33. The molecule has 1 saturated heterocycles. The molecule has 5 heteroatoms. The van der Waals surface area contributed by atoms with Crippen molar-refractivity contribution in [2.45, 2.75) is 25.8 Å². The van der Waals surface area contributed by atoms with Crippen LogP contribution in [0.15, 0.2) is 24.5 Å². The van der Waals surface area contributed by atoms with Crippen molar-refractivity contribution < 1.29 is 9.59 Å². The van der Waals surface area contributed by atoms with Gasteiger partial charge < -0.3 is 10.2 Å². The highest BCUT2D eigenvalue weighted by atomic mass is 16.2. The van der Waals surface area contributed by atoms with Crippen LogP contribution in [0.5, 0.6) is 0 Å². The number of hydrogen-bond acceptors (Lipinski definition) is 3. The Hall–Kier alpha value is -1.91. The number of carbonyl (C=O) groups excluding carboxylic acids is 2. The second-order valence-electron chi connectivity index (χ2n) is 5.01. The Balaban J connectivity index is 2.00. The summed E-state index contributed by atoms with van der Waals surface area (Å²) in [7, 11) is 0. The molecule has 0 aliphatic carbocycles. The second kappa shape index (κ2) is 4.76. The first-order valence-electron chi connectivity index (χ1n) is 5.98. The van der Waals surface area contributed by atoms with Crippen LogP contribution in [0.2, 0.25) is 0 Å². The summed E-state index contributed by atoms with van der Waals surface area (Å²) in [5.41, 5.74) is 0.315. The van der Waals surface area contributed by atoms with E-state index in [4.69, 9.17) is 0 Å². The van der Waals surface area contributed by atoms with E-state index in [0.29, 0.717) is 6.54 Å². The quantitative estimate of drug-likeness (QED) is 0.839. The molecule has 2 amide bonds. The zero-order valence-corrected chi connectivity index (χ0v) is 10.6. The number of hydrogen-bond donors (Lipinski definition) is 1. The van der Waals surface area contributed by atoms with Gasteiger partial charge in [0.05, 0.1) is 6.54 Å². The van der Waals surface area contributed by atoms with Gasteiger partial charge in [-0.2, -0.15) is 0 Å². The smallest absolute Gasteiger partial charge is 0.248 e. The summed E-state index contributed by atoms with van der Waals surface area (Å²) in [5, 5.41) is 2.69. The van der Waals surface area contributed by atoms with Gasteiger partial charge in [0.1, 0.15) is 5.54 Å². The van der Waals surface area contributed by atoms with Crippen molar-refractivity contribution in [1.29, 1.82) is 0 Å². The van der Waals surface area contributed by atoms with Crippen molar-refractivity contribution in [2.24, 2.45) is 0 Å². The Morgan fingerprint density at radius 3 is 2.67 bits per heavy atom. The van der Waals surface area contributed by atoms with Crippen molar-refractivity contribution >= 4 is 11.8 Å². The number of rotatable bonds is 3. The Labute approximate surface area is 106 Å². The SMILES string of the molecule is CC1(C)NC(=O)CN(CCc2ccncc2)C1=O. The van der Waals surface area contributed by atoms with Gasteiger partial charge in [0.15, 0.2) is 0 Å². The van der Waals surface area contributed by atoms with Gasteiger partial charge in [-0.05, 0) is 38.0 Å². The molecule has 0 aromatic carbocycles. The summed E-state index contributed by atoms with van der Waals surface area (Å²) >= 11 is 0. The summed E-state index contributed by atoms with van der Waals surface area (Å²) in [5.74, 6) is -0.134. The molecule has 0 unspecified atom stereocenters. The van der Waals surface area contributed by atoms with Gasteiger partial charge in [-0.15, -0.1) is 0 Å². The molecule has 5 nitrogen and oxygen atoms in total. The summed E-state index contributed by atoms with van der Waals surface area (Å²) in [6.07, 6.45) is 4.19. The van der Waals surface area contributed by atoms with E-state index in [1.54, 1.807) is 31.1 Å². The summed E-state index contributed by atoms with van der Waals surface area (Å²) in [6, 6.07) is 3.83. The molecule has 18 heavy (non-hydrogen) atoms. The Morgan fingerprint density at radius 1 is 1.33 bits per heavy atom. The average molecular weight is 247 g/mol. The normalized spacial score (nSPS) is 18.7. The number of aromatic nitrogens is 1. The standard InChI is InChI=1S/C13H17N3O2/c1-13(2)12(18)16(9-11(17)15-13)8-5-10-3-6-14-7-4-10/h3-4,6-7H,5,8-9H2,1-2H3,(H,15,17). The minimum atomic E-state index is -0.798. The van der Waals surface area contributed by atoms with Crippen molar-refractivity contribution in [3.63, 3.8) is 0 Å². The number of amides is 2. The lowest BCUT2D eigenvalue weighted by Crippen LogP contribution is -2.64. The number of nitrogens with one attached hydrogen (secondary N) is 1. The Bertz CT molecular complexity index is 457. The third kappa shape index (κ3) is 2.67. The van der Waals surface area contributed by atoms with Gasteiger partial charge in [-0.3, -0.25) is 14.6 Å². The third-order valence-corrected chi connectivity index (χ3v) is 3.03. The van der Waals surface area contributed by atoms with Crippen LogP contribution in [0.25, 0.3) is 0 Å². The molecule has 0 bridgehead atoms. The van der Waals surface area contributed by atoms with Gasteiger partial charge in [0.2, 0.25) is 11.8 Å². The van der Waals surface area contributed by atoms with Crippen molar-refractivity contribution in [2.75, 3.05) is 13.1 Å². The first-order valence-corrected chi connectivity index (χ1v) is 5.98. The maximum atomic E-state index is 12.1. The van der Waals surface area contributed by atoms with E-state index >= 15 is 0 Å². The molecule has 1 N–H and O–H groups in total. The maximum absolute atomic E-state index is 12.1. The van der Waals surface area contributed by atoms with Crippen LogP contribution >= 0.6 is 0 Å². The first kappa shape index (κ1) is 12.5. The van der Waals surface area contributed by atoms with Gasteiger partial charge >= 0.3 is 0 Å². The van der Waals surface area contributed by atoms with E-state index in [2.05, 4.69) is 10.3 Å². The van der Waals surface area contributed by atoms with Gasteiger partial charge in [-0.25, -0.2) is 0 Å². The zero-order valence-electron chi connectivity index (χ0n) is 10.6. The molecule has 1 aromatic heterocycles. The number of piperazine rings is 1. The van der Waals surface area contributed by atoms with Crippen LogP contribution in [0.1, 0.15) is 19.4 Å². The van der Waals surface area contributed by atoms with E-state index < -0.39 is 5.54 Å². The van der Waals surface area contributed by atoms with Gasteiger partial charge in [0, 0.05) is 18.9 Å². The van der Waals surface area contributed by atoms with Crippen LogP contribution in [-0.4, -0.2) is 40.3 Å². The molecular weight excluding hydrogens is 230 g/mol. The van der Waals surface area contributed by atoms with Crippen LogP contribution in [-0.2, 0) is 16.0 Å². The van der Waals surface area contributed by atoms with Crippen molar-refractivity contribution in [1.82, 2.24) is 15.2 Å². The topological polar surface area (TPSA) is 62.3 Å². The highest BCUT2D eigenvalue weighted by molar-refractivity contribution is 5.97. The van der Waals surface area contributed by atoms with E-state index in [1.807, 2.05) is 12.1 Å². The molecule has 1 aliphatic heterocycles. The molecule has 2 heterocycles. The molecule has 0 spiro atoms. The molecule has 0 radical (unpaired) electrons. The van der Waals surface area contributed by atoms with Crippen LogP contribution < -0.4 is 5.32 Å². The number of pyridine rings is 1. The summed E-state index contributed by atoms with van der Waals surface area (Å²) in [6.45, 7) is 4.16. The summed E-state index contributed by atoms with van der Waals surface area (Å²) in [4.78, 5) is 29.2. The lowest BCUT2D eigenvalue weighted by Gasteiger charge is -2.37. The minimum absolute atomic E-state index is 0.0313. The van der Waals surface area contributed by atoms with Gasteiger partial charge in [-0.1, -0.05) is 0 Å². The molecule has 1 aliphatic rings. The fraction of sp³-hybridized carbons (Fsp3) is 0.462. The molecule has 1 fully saturated rings. The predicted octanol–water partition coefficient (Wildman–Crippen LogP) is 0.361. The van der Waals surface area contributed by atoms with Crippen LogP contribution in [0.4, 0.5) is 0 Å². The summed E-state index contributed by atoms with van der Waals surface area (Å²) < 4.78 is 0. The van der Waals surface area contributed by atoms with E-state index in [9.17, 15) is 9.59 Å². The largest absolute Gasteiger partial charge is 0.341 e. The molecule has 96 valence electrons. The Morgan fingerprint density at radius 2 is 2.00 bits per heavy atom. The number of carbonyl (C=O) groups is 2. The molecular formula is C13H17N3O2. The van der Waals surface area contributed by atoms with E-state index in [-0.39, 0.29) is 18.4 Å². The number of nitrogens with zero attached hydrogens (tertiary/aromatic N) is 2.